The van der Waals surface area contributed by atoms with Gasteiger partial charge in [-0.25, -0.2) is 0 Å². The van der Waals surface area contributed by atoms with Gasteiger partial charge in [-0.3, -0.25) is 0 Å². The highest BCUT2D eigenvalue weighted by atomic mass is 16.5. The highest BCUT2D eigenvalue weighted by molar-refractivity contribution is 5.09. The molecular weight excluding hydrogens is 272 g/mol. The fourth-order valence-corrected chi connectivity index (χ4v) is 4.13. The van der Waals surface area contributed by atoms with Crippen LogP contribution in [0.25, 0.3) is 0 Å². The van der Waals surface area contributed by atoms with Crippen molar-refractivity contribution in [1.82, 2.24) is 0 Å². The van der Waals surface area contributed by atoms with Crippen LogP contribution in [0.15, 0.2) is 36.1 Å². The molecule has 1 aliphatic heterocycles. The number of rotatable bonds is 6. The van der Waals surface area contributed by atoms with Gasteiger partial charge in [0.05, 0.1) is 18.5 Å². The fourth-order valence-electron chi connectivity index (χ4n) is 4.13. The minimum atomic E-state index is 0.334. The van der Waals surface area contributed by atoms with E-state index in [1.807, 2.05) is 7.11 Å². The van der Waals surface area contributed by atoms with Crippen molar-refractivity contribution in [2.75, 3.05) is 13.7 Å². The largest absolute Gasteiger partial charge is 0.498 e. The van der Waals surface area contributed by atoms with Gasteiger partial charge in [-0.2, -0.15) is 0 Å². The van der Waals surface area contributed by atoms with Gasteiger partial charge >= 0.3 is 0 Å². The summed E-state index contributed by atoms with van der Waals surface area (Å²) in [6, 6.07) is 0. The maximum absolute atomic E-state index is 5.86. The van der Waals surface area contributed by atoms with Crippen LogP contribution in [0.3, 0.4) is 0 Å². The molecule has 0 amide bonds. The molecule has 1 saturated carbocycles. The predicted molar refractivity (Wildman–Crippen MR) is 92.6 cm³/mol. The Labute approximate surface area is 136 Å². The topological polar surface area (TPSA) is 18.5 Å². The van der Waals surface area contributed by atoms with E-state index in [4.69, 9.17) is 9.47 Å². The Bertz CT molecular complexity index is 449. The normalized spacial score (nSPS) is 35.2. The summed E-state index contributed by atoms with van der Waals surface area (Å²) in [5.41, 5.74) is 2.73. The first-order valence-electron chi connectivity index (χ1n) is 8.58. The Balaban J connectivity index is 2.00. The Morgan fingerprint density at radius 2 is 2.09 bits per heavy atom. The molecule has 1 aliphatic carbocycles. The number of hydrogen-bond acceptors (Lipinski definition) is 2. The first-order valence-corrected chi connectivity index (χ1v) is 8.58. The van der Waals surface area contributed by atoms with Gasteiger partial charge in [0, 0.05) is 18.9 Å². The fraction of sp³-hybridized carbons (Fsp3) is 0.700. The van der Waals surface area contributed by atoms with Gasteiger partial charge in [0.1, 0.15) is 0 Å². The van der Waals surface area contributed by atoms with Gasteiger partial charge < -0.3 is 9.47 Å². The third-order valence-corrected chi connectivity index (χ3v) is 5.59. The molecule has 1 saturated heterocycles. The highest BCUT2D eigenvalue weighted by Crippen LogP contribution is 2.47. The Hall–Kier alpha value is -1.02. The monoisotopic (exact) mass is 304 g/mol. The summed E-state index contributed by atoms with van der Waals surface area (Å²) in [4.78, 5) is 0. The summed E-state index contributed by atoms with van der Waals surface area (Å²) < 4.78 is 11.6. The lowest BCUT2D eigenvalue weighted by molar-refractivity contribution is -0.0473. The number of allylic oxidation sites excluding steroid dienone is 4. The Morgan fingerprint density at radius 3 is 2.73 bits per heavy atom. The van der Waals surface area contributed by atoms with Crippen LogP contribution in [0.1, 0.15) is 46.5 Å². The van der Waals surface area contributed by atoms with E-state index in [0.29, 0.717) is 29.8 Å². The first kappa shape index (κ1) is 17.3. The third kappa shape index (κ3) is 3.84. The van der Waals surface area contributed by atoms with Crippen LogP contribution in [-0.4, -0.2) is 19.8 Å². The molecule has 0 aromatic carbocycles. The standard InChI is InChI=1S/C20H32O2/c1-13(2)7-8-14(3)9-10-17-11-18-16(5)22-12-19(18)15(4)20(17)21-6/h9,15,17-20H,1,5,7-8,10-12H2,2-4,6H3/b14-9+. The molecule has 2 rings (SSSR count). The molecule has 1 heterocycles. The van der Waals surface area contributed by atoms with Crippen LogP contribution in [0, 0.1) is 23.7 Å². The molecule has 2 nitrogen and oxygen atoms in total. The van der Waals surface area contributed by atoms with Gasteiger partial charge in [0.15, 0.2) is 0 Å². The zero-order valence-corrected chi connectivity index (χ0v) is 14.7. The number of ether oxygens (including phenoxy) is 2. The van der Waals surface area contributed by atoms with Crippen molar-refractivity contribution in [2.24, 2.45) is 23.7 Å². The summed E-state index contributed by atoms with van der Waals surface area (Å²) in [6.45, 7) is 15.6. The van der Waals surface area contributed by atoms with Crippen molar-refractivity contribution in [2.45, 2.75) is 52.6 Å². The molecule has 22 heavy (non-hydrogen) atoms. The third-order valence-electron chi connectivity index (χ3n) is 5.59. The van der Waals surface area contributed by atoms with Crippen LogP contribution in [0.5, 0.6) is 0 Å². The molecule has 5 atom stereocenters. The molecule has 0 bridgehead atoms. The van der Waals surface area contributed by atoms with Crippen molar-refractivity contribution < 1.29 is 9.47 Å². The molecule has 2 fully saturated rings. The average Bonchev–Trinajstić information content (AvgIpc) is 2.85. The lowest BCUT2D eigenvalue weighted by Crippen LogP contribution is -2.42. The molecule has 0 spiro atoms. The summed E-state index contributed by atoms with van der Waals surface area (Å²) in [5, 5.41) is 0. The van der Waals surface area contributed by atoms with Gasteiger partial charge in [-0.15, -0.1) is 6.58 Å². The molecule has 0 aromatic rings. The van der Waals surface area contributed by atoms with Crippen molar-refractivity contribution >= 4 is 0 Å². The van der Waals surface area contributed by atoms with E-state index in [0.717, 1.165) is 38.0 Å². The quantitative estimate of drug-likeness (QED) is 0.634. The van der Waals surface area contributed by atoms with Crippen LogP contribution in [-0.2, 0) is 9.47 Å². The summed E-state index contributed by atoms with van der Waals surface area (Å²) in [7, 11) is 1.86. The zero-order chi connectivity index (χ0) is 16.3. The molecule has 124 valence electrons. The second-order valence-electron chi connectivity index (χ2n) is 7.35. The highest BCUT2D eigenvalue weighted by Gasteiger charge is 2.47. The molecule has 0 N–H and O–H groups in total. The molecule has 0 aromatic heterocycles. The molecule has 2 heteroatoms. The van der Waals surface area contributed by atoms with Gasteiger partial charge in [0.2, 0.25) is 0 Å². The van der Waals surface area contributed by atoms with Crippen LogP contribution >= 0.6 is 0 Å². The van der Waals surface area contributed by atoms with Crippen LogP contribution in [0.4, 0.5) is 0 Å². The molecule has 0 radical (unpaired) electrons. The number of methoxy groups -OCH3 is 1. The van der Waals surface area contributed by atoms with Crippen molar-refractivity contribution in [3.63, 3.8) is 0 Å². The summed E-state index contributed by atoms with van der Waals surface area (Å²) in [5.74, 6) is 3.22. The molecular formula is C20H32O2. The maximum Gasteiger partial charge on any atom is 0.0923 e. The van der Waals surface area contributed by atoms with E-state index in [-0.39, 0.29) is 0 Å². The smallest absolute Gasteiger partial charge is 0.0923 e. The van der Waals surface area contributed by atoms with E-state index >= 15 is 0 Å². The molecule has 2 aliphatic rings. The Morgan fingerprint density at radius 1 is 1.36 bits per heavy atom. The van der Waals surface area contributed by atoms with E-state index in [1.165, 1.54) is 11.1 Å². The van der Waals surface area contributed by atoms with E-state index in [2.05, 4.69) is 40.0 Å². The van der Waals surface area contributed by atoms with Gasteiger partial charge in [-0.05, 0) is 51.4 Å². The van der Waals surface area contributed by atoms with Crippen LogP contribution in [0.2, 0.25) is 0 Å². The number of hydrogen-bond donors (Lipinski definition) is 0. The minimum absolute atomic E-state index is 0.334. The SMILES string of the molecule is C=C(C)CC/C(C)=C/CC1CC2C(=C)OCC2C(C)C1OC. The van der Waals surface area contributed by atoms with Gasteiger partial charge in [-0.1, -0.05) is 30.7 Å². The lowest BCUT2D eigenvalue weighted by Gasteiger charge is -2.41. The number of fused-ring (bicyclic) bond motifs is 1. The minimum Gasteiger partial charge on any atom is -0.498 e. The zero-order valence-electron chi connectivity index (χ0n) is 14.7. The van der Waals surface area contributed by atoms with Gasteiger partial charge in [0.25, 0.3) is 0 Å². The average molecular weight is 304 g/mol. The summed E-state index contributed by atoms with van der Waals surface area (Å²) >= 11 is 0. The maximum atomic E-state index is 5.86. The van der Waals surface area contributed by atoms with E-state index < -0.39 is 0 Å². The second kappa shape index (κ2) is 7.50. The van der Waals surface area contributed by atoms with Crippen molar-refractivity contribution in [3.8, 4) is 0 Å². The second-order valence-corrected chi connectivity index (χ2v) is 7.35. The van der Waals surface area contributed by atoms with E-state index in [9.17, 15) is 0 Å². The Kier molecular flexibility index (Phi) is 5.91. The predicted octanol–water partition coefficient (Wildman–Crippen LogP) is 5.13. The summed E-state index contributed by atoms with van der Waals surface area (Å²) in [6.07, 6.45) is 7.20. The van der Waals surface area contributed by atoms with E-state index in [1.54, 1.807) is 0 Å². The van der Waals surface area contributed by atoms with Crippen molar-refractivity contribution in [1.29, 1.82) is 0 Å². The first-order chi connectivity index (χ1) is 10.4. The lowest BCUT2D eigenvalue weighted by atomic mass is 9.66. The van der Waals surface area contributed by atoms with Crippen LogP contribution < -0.4 is 0 Å². The molecule has 5 unspecified atom stereocenters. The van der Waals surface area contributed by atoms with Crippen molar-refractivity contribution in [3.05, 3.63) is 36.1 Å².